The number of esters is 1. The zero-order valence-electron chi connectivity index (χ0n) is 34.2. The van der Waals surface area contributed by atoms with Crippen molar-refractivity contribution in [3.05, 3.63) is 132 Å². The number of benzene rings is 2. The number of fused-ring (bicyclic) bond motifs is 2. The highest BCUT2D eigenvalue weighted by molar-refractivity contribution is 7.96. The molecule has 3 fully saturated rings. The lowest BCUT2D eigenvalue weighted by molar-refractivity contribution is -0.642. The number of hydrogen-bond acceptors (Lipinski definition) is 11. The van der Waals surface area contributed by atoms with Crippen molar-refractivity contribution in [2.75, 3.05) is 18.0 Å². The van der Waals surface area contributed by atoms with Crippen molar-refractivity contribution in [1.29, 1.82) is 0 Å². The summed E-state index contributed by atoms with van der Waals surface area (Å²) in [5, 5.41) is 35.0. The molecule has 14 nitrogen and oxygen atoms in total. The van der Waals surface area contributed by atoms with Crippen LogP contribution in [0.1, 0.15) is 110 Å². The van der Waals surface area contributed by atoms with Crippen LogP contribution in [-0.4, -0.2) is 59.4 Å². The van der Waals surface area contributed by atoms with E-state index in [1.54, 1.807) is 61.7 Å². The molecule has 5 atom stereocenters. The zero-order valence-corrected chi connectivity index (χ0v) is 35.0. The average Bonchev–Trinajstić information content (AvgIpc) is 4.16. The van der Waals surface area contributed by atoms with E-state index in [-0.39, 0.29) is 53.0 Å². The Balaban J connectivity index is 1.08. The SMILES string of the molecule is CN1C=C(S(=O)(=O)N(c2ccc(C(c3c(O)c4c(oc3=O)CCCCCC4)C3CC3)cc2)c2ccc(C(C3CC3)C3C(=O)OC4=CC=CCCCC4C3O)cc2)N([N+](=O)[O-])C1. The number of ether oxygens (including phenoxy) is 1. The molecule has 2 N–H and O–H groups in total. The van der Waals surface area contributed by atoms with Crippen LogP contribution in [0.15, 0.2) is 93.0 Å². The molecule has 15 heteroatoms. The van der Waals surface area contributed by atoms with E-state index in [1.165, 1.54) is 11.1 Å². The van der Waals surface area contributed by atoms with E-state index in [0.717, 1.165) is 74.1 Å². The lowest BCUT2D eigenvalue weighted by Gasteiger charge is -2.39. The van der Waals surface area contributed by atoms with E-state index in [4.69, 9.17) is 9.15 Å². The van der Waals surface area contributed by atoms with Crippen molar-refractivity contribution in [3.8, 4) is 5.75 Å². The third-order valence-electron chi connectivity index (χ3n) is 13.4. The number of rotatable bonds is 11. The number of aliphatic hydroxyl groups excluding tert-OH is 1. The summed E-state index contributed by atoms with van der Waals surface area (Å²) in [6, 6.07) is 13.5. The summed E-state index contributed by atoms with van der Waals surface area (Å²) >= 11 is 0. The molecule has 3 aromatic rings. The minimum absolute atomic E-state index is 0.00663. The van der Waals surface area contributed by atoms with Crippen molar-refractivity contribution in [3.63, 3.8) is 0 Å². The molecule has 9 rings (SSSR count). The van der Waals surface area contributed by atoms with E-state index in [1.807, 2.05) is 12.2 Å². The molecule has 322 valence electrons. The first-order chi connectivity index (χ1) is 29.4. The number of aryl methyl sites for hydroxylation is 1. The fourth-order valence-electron chi connectivity index (χ4n) is 10.1. The van der Waals surface area contributed by atoms with Crippen molar-refractivity contribution >= 4 is 27.4 Å². The Labute approximate surface area is 355 Å². The topological polar surface area (TPSA) is 184 Å². The maximum Gasteiger partial charge on any atom is 0.343 e. The molecule has 3 heterocycles. The van der Waals surface area contributed by atoms with Crippen LogP contribution in [0.5, 0.6) is 5.75 Å². The van der Waals surface area contributed by atoms with E-state index >= 15 is 0 Å². The lowest BCUT2D eigenvalue weighted by atomic mass is 9.72. The third kappa shape index (κ3) is 7.86. The van der Waals surface area contributed by atoms with Gasteiger partial charge in [0.2, 0.25) is 5.03 Å². The predicted octanol–water partition coefficient (Wildman–Crippen LogP) is 7.48. The van der Waals surface area contributed by atoms with Crippen LogP contribution < -0.4 is 9.93 Å². The minimum atomic E-state index is -4.64. The second-order valence-corrected chi connectivity index (χ2v) is 19.3. The number of aromatic hydroxyl groups is 1. The van der Waals surface area contributed by atoms with Gasteiger partial charge in [0.05, 0.1) is 29.0 Å². The molecule has 2 saturated carbocycles. The maximum absolute atomic E-state index is 14.8. The van der Waals surface area contributed by atoms with Gasteiger partial charge in [0.1, 0.15) is 17.3 Å². The van der Waals surface area contributed by atoms with Crippen molar-refractivity contribution in [1.82, 2.24) is 9.91 Å². The first-order valence-electron chi connectivity index (χ1n) is 21.7. The summed E-state index contributed by atoms with van der Waals surface area (Å²) in [6.07, 6.45) is 16.8. The van der Waals surface area contributed by atoms with E-state index in [0.29, 0.717) is 46.9 Å². The molecule has 0 spiro atoms. The van der Waals surface area contributed by atoms with Crippen LogP contribution in [0.4, 0.5) is 11.4 Å². The summed E-state index contributed by atoms with van der Waals surface area (Å²) in [5.74, 6) is -1.23. The Bertz CT molecular complexity index is 2450. The van der Waals surface area contributed by atoms with Crippen LogP contribution in [0.25, 0.3) is 0 Å². The molecule has 1 saturated heterocycles. The Kier molecular flexibility index (Phi) is 11.1. The molecule has 1 aromatic heterocycles. The molecule has 0 radical (unpaired) electrons. The van der Waals surface area contributed by atoms with Gasteiger partial charge in [-0.15, -0.1) is 0 Å². The van der Waals surface area contributed by atoms with Crippen LogP contribution in [0.2, 0.25) is 0 Å². The van der Waals surface area contributed by atoms with Crippen LogP contribution in [0, 0.1) is 33.8 Å². The minimum Gasteiger partial charge on any atom is -0.507 e. The highest BCUT2D eigenvalue weighted by Crippen LogP contribution is 2.52. The molecular weight excluding hydrogens is 801 g/mol. The highest BCUT2D eigenvalue weighted by Gasteiger charge is 2.51. The number of nitrogens with zero attached hydrogens (tertiary/aromatic N) is 4. The van der Waals surface area contributed by atoms with Gasteiger partial charge in [0.25, 0.3) is 10.0 Å². The predicted molar refractivity (Wildman–Crippen MR) is 226 cm³/mol. The summed E-state index contributed by atoms with van der Waals surface area (Å²) in [7, 11) is -3.09. The number of hydrazine groups is 1. The normalized spacial score (nSPS) is 24.2. The quantitative estimate of drug-likeness (QED) is 0.110. The number of hydrogen-bond donors (Lipinski definition) is 2. The van der Waals surface area contributed by atoms with Gasteiger partial charge in [-0.1, -0.05) is 54.3 Å². The van der Waals surface area contributed by atoms with Crippen LogP contribution in [-0.2, 0) is 32.4 Å². The largest absolute Gasteiger partial charge is 0.507 e. The number of carbonyl (C=O) groups is 1. The van der Waals surface area contributed by atoms with Gasteiger partial charge < -0.3 is 24.3 Å². The zero-order chi connectivity index (χ0) is 42.6. The molecule has 0 bridgehead atoms. The molecule has 2 aromatic carbocycles. The average molecular weight is 853 g/mol. The van der Waals surface area contributed by atoms with E-state index in [2.05, 4.69) is 0 Å². The van der Waals surface area contributed by atoms with Gasteiger partial charge in [0.15, 0.2) is 11.7 Å². The molecular formula is C46H52N4O10S. The van der Waals surface area contributed by atoms with Gasteiger partial charge in [0, 0.05) is 43.0 Å². The second-order valence-electron chi connectivity index (χ2n) is 17.6. The lowest BCUT2D eigenvalue weighted by Crippen LogP contribution is -2.45. The first-order valence-corrected chi connectivity index (χ1v) is 23.1. The van der Waals surface area contributed by atoms with Crippen molar-refractivity contribution < 1.29 is 37.6 Å². The molecule has 0 amide bonds. The molecule has 2 aliphatic heterocycles. The molecule has 61 heavy (non-hydrogen) atoms. The number of anilines is 2. The monoisotopic (exact) mass is 852 g/mol. The Morgan fingerprint density at radius 2 is 1.54 bits per heavy atom. The van der Waals surface area contributed by atoms with Gasteiger partial charge in [-0.3, -0.25) is 4.79 Å². The van der Waals surface area contributed by atoms with Crippen LogP contribution in [0.3, 0.4) is 0 Å². The van der Waals surface area contributed by atoms with E-state index in [9.17, 15) is 38.3 Å². The number of carbonyl (C=O) groups excluding carboxylic acids is 1. The van der Waals surface area contributed by atoms with E-state index < -0.39 is 49.6 Å². The number of sulfonamides is 1. The smallest absolute Gasteiger partial charge is 0.343 e. The van der Waals surface area contributed by atoms with Gasteiger partial charge in [-0.2, -0.15) is 8.42 Å². The second kappa shape index (κ2) is 16.5. The summed E-state index contributed by atoms with van der Waals surface area (Å²) in [6.45, 7) is -0.278. The summed E-state index contributed by atoms with van der Waals surface area (Å²) in [5.41, 5.74) is 2.23. The number of aliphatic hydroxyl groups is 1. The van der Waals surface area contributed by atoms with Crippen molar-refractivity contribution in [2.24, 2.45) is 23.7 Å². The number of nitro groups is 1. The number of allylic oxidation sites excluding steroid dienone is 3. The van der Waals surface area contributed by atoms with Gasteiger partial charge >= 0.3 is 11.6 Å². The Morgan fingerprint density at radius 3 is 2.20 bits per heavy atom. The van der Waals surface area contributed by atoms with Gasteiger partial charge in [-0.25, -0.2) is 19.2 Å². The molecule has 5 unspecified atom stereocenters. The third-order valence-corrected chi connectivity index (χ3v) is 15.1. The van der Waals surface area contributed by atoms with Crippen molar-refractivity contribution in [2.45, 2.75) is 101 Å². The maximum atomic E-state index is 14.8. The fourth-order valence-corrected chi connectivity index (χ4v) is 11.8. The summed E-state index contributed by atoms with van der Waals surface area (Å²) in [4.78, 5) is 40.9. The fraction of sp³-hybridized carbons (Fsp3) is 0.478. The first kappa shape index (κ1) is 41.0. The Hall–Kier alpha value is -5.41. The molecule has 6 aliphatic rings. The summed E-state index contributed by atoms with van der Waals surface area (Å²) < 4.78 is 42.4. The standard InChI is InChI=1S/C46H52N4O10S/c1-47-26-38(48(27-47)50(55)56)61(57,58)49(32-22-18-30(19-23-32)39(28-14-15-28)41-43(51)34-10-6-2-4-8-12-36(34)59-45(41)53)33-24-20-31(21-25-33)40(29-16-17-29)42-44(52)35-11-7-3-5-9-13-37(35)60-46(42)54/h4,8,12,18-26,28-29,34,39-41,43,51-52H,2-3,5-7,9-11,13-17,27H2,1H3. The highest BCUT2D eigenvalue weighted by atomic mass is 32.2. The van der Waals surface area contributed by atoms with Gasteiger partial charge in [-0.05, 0) is 118 Å². The van der Waals surface area contributed by atoms with Crippen LogP contribution >= 0.6 is 0 Å². The molecule has 4 aliphatic carbocycles. The Morgan fingerprint density at radius 1 is 0.885 bits per heavy atom.